The molecule has 0 aliphatic carbocycles. The highest BCUT2D eigenvalue weighted by molar-refractivity contribution is 5.85. The van der Waals surface area contributed by atoms with Gasteiger partial charge in [-0.25, -0.2) is 9.97 Å². The summed E-state index contributed by atoms with van der Waals surface area (Å²) in [4.78, 5) is 8.23. The molecule has 2 N–H and O–H groups in total. The van der Waals surface area contributed by atoms with E-state index in [-0.39, 0.29) is 0 Å². The maximum absolute atomic E-state index is 9.93. The summed E-state index contributed by atoms with van der Waals surface area (Å²) in [6, 6.07) is 3.47. The Bertz CT molecular complexity index is 677. The summed E-state index contributed by atoms with van der Waals surface area (Å²) in [5.74, 6) is 1.16. The van der Waals surface area contributed by atoms with Gasteiger partial charge in [-0.05, 0) is 12.1 Å². The second kappa shape index (κ2) is 4.69. The molecule has 0 saturated heterocycles. The molecule has 7 nitrogen and oxygen atoms in total. The number of hydrogen-bond acceptors (Lipinski definition) is 6. The third kappa shape index (κ3) is 2.27. The second-order valence-corrected chi connectivity index (χ2v) is 4.17. The molecule has 3 aromatic rings. The lowest BCUT2D eigenvalue weighted by atomic mass is 10.2. The molecular formula is C12H13N5O2. The number of nitrogens with one attached hydrogen (secondary N) is 1. The molecule has 3 heterocycles. The average Bonchev–Trinajstić information content (AvgIpc) is 3.03. The fourth-order valence-corrected chi connectivity index (χ4v) is 1.87. The van der Waals surface area contributed by atoms with Crippen LogP contribution in [-0.4, -0.2) is 31.4 Å². The third-order valence-corrected chi connectivity index (χ3v) is 2.77. The number of anilines is 1. The summed E-state index contributed by atoms with van der Waals surface area (Å²) < 4.78 is 6.81. The minimum atomic E-state index is -0.725. The topological polar surface area (TPSA) is 89.0 Å². The number of hydrogen-bond donors (Lipinski definition) is 2. The summed E-state index contributed by atoms with van der Waals surface area (Å²) in [7, 11) is 1.82. The van der Waals surface area contributed by atoms with E-state index in [1.54, 1.807) is 16.8 Å². The van der Waals surface area contributed by atoms with Crippen molar-refractivity contribution in [3.8, 4) is 0 Å². The SMILES string of the molecule is Cn1cc2c(NCC(O)c3ccco3)ncnc2n1. The molecule has 0 spiro atoms. The molecule has 1 unspecified atom stereocenters. The van der Waals surface area contributed by atoms with E-state index in [1.807, 2.05) is 13.2 Å². The average molecular weight is 259 g/mol. The van der Waals surface area contributed by atoms with Gasteiger partial charge in [0.15, 0.2) is 5.65 Å². The van der Waals surface area contributed by atoms with E-state index in [1.165, 1.54) is 12.6 Å². The van der Waals surface area contributed by atoms with Crippen LogP contribution in [-0.2, 0) is 7.05 Å². The molecule has 0 saturated carbocycles. The van der Waals surface area contributed by atoms with Crippen molar-refractivity contribution >= 4 is 16.9 Å². The van der Waals surface area contributed by atoms with Crippen LogP contribution in [0.15, 0.2) is 35.3 Å². The van der Waals surface area contributed by atoms with E-state index in [4.69, 9.17) is 4.42 Å². The quantitative estimate of drug-likeness (QED) is 0.729. The van der Waals surface area contributed by atoms with Crippen molar-refractivity contribution in [2.75, 3.05) is 11.9 Å². The van der Waals surface area contributed by atoms with Gasteiger partial charge in [-0.2, -0.15) is 5.10 Å². The standard InChI is InChI=1S/C12H13N5O2/c1-17-6-8-11(14-7-15-12(8)16-17)13-5-9(18)10-3-2-4-19-10/h2-4,6-7,9,18H,5H2,1H3,(H,13,14,15,16). The van der Waals surface area contributed by atoms with Gasteiger partial charge in [0.2, 0.25) is 0 Å². The molecule has 0 aliphatic heterocycles. The summed E-state index contributed by atoms with van der Waals surface area (Å²) in [6.07, 6.45) is 4.08. The molecule has 19 heavy (non-hydrogen) atoms. The number of aryl methyl sites for hydroxylation is 1. The number of aromatic nitrogens is 4. The van der Waals surface area contributed by atoms with Gasteiger partial charge in [-0.1, -0.05) is 0 Å². The van der Waals surface area contributed by atoms with Crippen LogP contribution in [0.25, 0.3) is 11.0 Å². The lowest BCUT2D eigenvalue weighted by molar-refractivity contribution is 0.162. The maximum atomic E-state index is 9.93. The van der Waals surface area contributed by atoms with E-state index >= 15 is 0 Å². The predicted molar refractivity (Wildman–Crippen MR) is 68.5 cm³/mol. The highest BCUT2D eigenvalue weighted by Gasteiger charge is 2.12. The Balaban J connectivity index is 1.78. The number of furan rings is 1. The molecule has 98 valence electrons. The fraction of sp³-hybridized carbons (Fsp3) is 0.250. The van der Waals surface area contributed by atoms with Crippen LogP contribution in [0.1, 0.15) is 11.9 Å². The van der Waals surface area contributed by atoms with Gasteiger partial charge in [-0.3, -0.25) is 4.68 Å². The van der Waals surface area contributed by atoms with Gasteiger partial charge in [0, 0.05) is 19.8 Å². The molecule has 0 fully saturated rings. The van der Waals surface area contributed by atoms with Gasteiger partial charge in [-0.15, -0.1) is 0 Å². The van der Waals surface area contributed by atoms with E-state index < -0.39 is 6.10 Å². The van der Waals surface area contributed by atoms with Crippen molar-refractivity contribution in [1.82, 2.24) is 19.7 Å². The smallest absolute Gasteiger partial charge is 0.186 e. The highest BCUT2D eigenvalue weighted by Crippen LogP contribution is 2.19. The summed E-state index contributed by atoms with van der Waals surface area (Å²) in [6.45, 7) is 0.300. The van der Waals surface area contributed by atoms with Crippen LogP contribution in [0.4, 0.5) is 5.82 Å². The number of nitrogens with zero attached hydrogens (tertiary/aromatic N) is 4. The van der Waals surface area contributed by atoms with Crippen LogP contribution in [0.3, 0.4) is 0 Å². The van der Waals surface area contributed by atoms with Crippen molar-refractivity contribution in [2.45, 2.75) is 6.10 Å². The zero-order valence-corrected chi connectivity index (χ0v) is 10.3. The second-order valence-electron chi connectivity index (χ2n) is 4.17. The van der Waals surface area contributed by atoms with E-state index in [9.17, 15) is 5.11 Å². The molecule has 3 aromatic heterocycles. The van der Waals surface area contributed by atoms with Crippen LogP contribution < -0.4 is 5.32 Å². The lowest BCUT2D eigenvalue weighted by Crippen LogP contribution is -2.12. The monoisotopic (exact) mass is 259 g/mol. The Labute approximate surface area is 108 Å². The normalized spacial score (nSPS) is 12.7. The van der Waals surface area contributed by atoms with Crippen LogP contribution in [0.2, 0.25) is 0 Å². The van der Waals surface area contributed by atoms with Gasteiger partial charge >= 0.3 is 0 Å². The van der Waals surface area contributed by atoms with Crippen LogP contribution in [0, 0.1) is 0 Å². The third-order valence-electron chi connectivity index (χ3n) is 2.77. The van der Waals surface area contributed by atoms with E-state index in [2.05, 4.69) is 20.4 Å². The first-order valence-corrected chi connectivity index (χ1v) is 5.84. The molecular weight excluding hydrogens is 246 g/mol. The number of rotatable bonds is 4. The molecule has 7 heteroatoms. The molecule has 0 radical (unpaired) electrons. The van der Waals surface area contributed by atoms with Crippen molar-refractivity contribution in [2.24, 2.45) is 7.05 Å². The number of aliphatic hydroxyl groups is 1. The first-order chi connectivity index (χ1) is 9.24. The minimum absolute atomic E-state index is 0.300. The highest BCUT2D eigenvalue weighted by atomic mass is 16.4. The van der Waals surface area contributed by atoms with Crippen LogP contribution in [0.5, 0.6) is 0 Å². The Hall–Kier alpha value is -2.41. The Morgan fingerprint density at radius 2 is 2.37 bits per heavy atom. The first-order valence-electron chi connectivity index (χ1n) is 5.84. The van der Waals surface area contributed by atoms with Crippen molar-refractivity contribution in [1.29, 1.82) is 0 Å². The predicted octanol–water partition coefficient (Wildman–Crippen LogP) is 1.10. The minimum Gasteiger partial charge on any atom is -0.467 e. The molecule has 0 amide bonds. The summed E-state index contributed by atoms with van der Waals surface area (Å²) in [5.41, 5.74) is 0.618. The van der Waals surface area contributed by atoms with Crippen molar-refractivity contribution < 1.29 is 9.52 Å². The number of fused-ring (bicyclic) bond motifs is 1. The van der Waals surface area contributed by atoms with Gasteiger partial charge in [0.1, 0.15) is 24.0 Å². The van der Waals surface area contributed by atoms with Crippen LogP contribution >= 0.6 is 0 Å². The fourth-order valence-electron chi connectivity index (χ4n) is 1.87. The molecule has 1 atom stereocenters. The van der Waals surface area contributed by atoms with Crippen molar-refractivity contribution in [3.05, 3.63) is 36.7 Å². The Morgan fingerprint density at radius 3 is 3.16 bits per heavy atom. The molecule has 0 aromatic carbocycles. The van der Waals surface area contributed by atoms with E-state index in [0.717, 1.165) is 5.39 Å². The number of aliphatic hydroxyl groups excluding tert-OH is 1. The molecule has 0 bridgehead atoms. The zero-order valence-electron chi connectivity index (χ0n) is 10.3. The van der Waals surface area contributed by atoms with Gasteiger partial charge < -0.3 is 14.8 Å². The Kier molecular flexibility index (Phi) is 2.88. The largest absolute Gasteiger partial charge is 0.467 e. The molecule has 3 rings (SSSR count). The molecule has 0 aliphatic rings. The zero-order chi connectivity index (χ0) is 13.2. The first kappa shape index (κ1) is 11.7. The lowest BCUT2D eigenvalue weighted by Gasteiger charge is -2.10. The van der Waals surface area contributed by atoms with E-state index in [0.29, 0.717) is 23.8 Å². The van der Waals surface area contributed by atoms with Gasteiger partial charge in [0.05, 0.1) is 11.6 Å². The summed E-state index contributed by atoms with van der Waals surface area (Å²) in [5, 5.41) is 18.0. The Morgan fingerprint density at radius 1 is 1.47 bits per heavy atom. The van der Waals surface area contributed by atoms with Gasteiger partial charge in [0.25, 0.3) is 0 Å². The van der Waals surface area contributed by atoms with Crippen molar-refractivity contribution in [3.63, 3.8) is 0 Å². The summed E-state index contributed by atoms with van der Waals surface area (Å²) >= 11 is 0. The maximum Gasteiger partial charge on any atom is 0.186 e.